The number of pyridine rings is 1. The zero-order valence-corrected chi connectivity index (χ0v) is 20.6. The highest BCUT2D eigenvalue weighted by Crippen LogP contribution is 2.33. The molecule has 0 radical (unpaired) electrons. The molecule has 0 atom stereocenters. The highest BCUT2D eigenvalue weighted by Gasteiger charge is 2.25. The Kier molecular flexibility index (Phi) is 6.98. The lowest BCUT2D eigenvalue weighted by Crippen LogP contribution is -2.49. The number of hydrogen-bond donors (Lipinski definition) is 0. The Morgan fingerprint density at radius 1 is 1.03 bits per heavy atom. The van der Waals surface area contributed by atoms with Crippen molar-refractivity contribution in [1.82, 2.24) is 24.6 Å². The monoisotopic (exact) mass is 509 g/mol. The number of aromatic nitrogens is 3. The maximum Gasteiger partial charge on any atom is 0.264 e. The second-order valence-corrected chi connectivity index (χ2v) is 9.42. The molecule has 36 heavy (non-hydrogen) atoms. The number of carbonyl (C=O) groups is 1. The number of alkyl halides is 2. The summed E-state index contributed by atoms with van der Waals surface area (Å²) in [6.45, 7) is 5.11. The van der Waals surface area contributed by atoms with Gasteiger partial charge in [-0.2, -0.15) is 5.10 Å². The Labute approximate surface area is 213 Å². The number of fused-ring (bicyclic) bond motifs is 1. The van der Waals surface area contributed by atoms with Gasteiger partial charge in [-0.25, -0.2) is 18.4 Å². The molecule has 1 aliphatic rings. The first kappa shape index (κ1) is 24.3. The predicted molar refractivity (Wildman–Crippen MR) is 136 cm³/mol. The van der Waals surface area contributed by atoms with Crippen LogP contribution in [0.4, 0.5) is 8.78 Å². The Balaban J connectivity index is 1.33. The molecule has 4 aromatic rings. The van der Waals surface area contributed by atoms with E-state index < -0.39 is 6.43 Å². The van der Waals surface area contributed by atoms with Crippen LogP contribution in [0.15, 0.2) is 60.7 Å². The first-order valence-corrected chi connectivity index (χ1v) is 12.2. The summed E-state index contributed by atoms with van der Waals surface area (Å²) in [6, 6.07) is 18.4. The Morgan fingerprint density at radius 3 is 2.39 bits per heavy atom. The largest absolute Gasteiger partial charge is 0.339 e. The molecule has 0 saturated carbocycles. The van der Waals surface area contributed by atoms with Gasteiger partial charge in [0.15, 0.2) is 5.65 Å². The molecule has 186 valence electrons. The fourth-order valence-corrected chi connectivity index (χ4v) is 4.78. The Morgan fingerprint density at radius 2 is 1.72 bits per heavy atom. The van der Waals surface area contributed by atoms with Crippen LogP contribution in [0.2, 0.25) is 5.02 Å². The van der Waals surface area contributed by atoms with Crippen molar-refractivity contribution < 1.29 is 13.6 Å². The summed E-state index contributed by atoms with van der Waals surface area (Å²) < 4.78 is 29.5. The minimum atomic E-state index is -2.68. The van der Waals surface area contributed by atoms with E-state index in [-0.39, 0.29) is 18.0 Å². The van der Waals surface area contributed by atoms with Gasteiger partial charge < -0.3 is 4.90 Å². The van der Waals surface area contributed by atoms with Gasteiger partial charge in [0.1, 0.15) is 6.54 Å². The number of hydrogen-bond acceptors (Lipinski definition) is 4. The minimum absolute atomic E-state index is 0.0462. The van der Waals surface area contributed by atoms with Gasteiger partial charge in [-0.05, 0) is 30.7 Å². The zero-order chi connectivity index (χ0) is 25.2. The van der Waals surface area contributed by atoms with Crippen molar-refractivity contribution in [2.24, 2.45) is 0 Å². The molecule has 1 fully saturated rings. The van der Waals surface area contributed by atoms with Crippen molar-refractivity contribution >= 4 is 28.5 Å². The van der Waals surface area contributed by atoms with Gasteiger partial charge in [-0.1, -0.05) is 54.1 Å². The average molecular weight is 510 g/mol. The smallest absolute Gasteiger partial charge is 0.264 e. The molecule has 0 unspecified atom stereocenters. The number of nitrogens with zero attached hydrogens (tertiary/aromatic N) is 5. The molecule has 1 aliphatic heterocycles. The minimum Gasteiger partial charge on any atom is -0.339 e. The number of carbonyl (C=O) groups excluding carboxylic acids is 1. The van der Waals surface area contributed by atoms with E-state index in [4.69, 9.17) is 11.6 Å². The summed E-state index contributed by atoms with van der Waals surface area (Å²) in [6.07, 6.45) is -2.68. The van der Waals surface area contributed by atoms with E-state index in [1.165, 1.54) is 16.3 Å². The zero-order valence-electron chi connectivity index (χ0n) is 19.9. The number of amides is 1. The van der Waals surface area contributed by atoms with Crippen molar-refractivity contribution in [2.75, 3.05) is 26.2 Å². The summed E-state index contributed by atoms with van der Waals surface area (Å²) >= 11 is 5.97. The van der Waals surface area contributed by atoms with Gasteiger partial charge in [0.2, 0.25) is 5.91 Å². The van der Waals surface area contributed by atoms with Crippen LogP contribution in [-0.4, -0.2) is 56.7 Å². The molecule has 2 aromatic heterocycles. The van der Waals surface area contributed by atoms with E-state index in [0.29, 0.717) is 40.5 Å². The van der Waals surface area contributed by atoms with E-state index >= 15 is 0 Å². The molecular formula is C27H26ClF2N5O. The first-order chi connectivity index (χ1) is 17.4. The number of rotatable bonds is 6. The molecule has 1 amide bonds. The lowest BCUT2D eigenvalue weighted by atomic mass is 10.1. The number of halogens is 3. The Bertz CT molecular complexity index is 1370. The summed E-state index contributed by atoms with van der Waals surface area (Å²) in [5.74, 6) is -0.101. The fourth-order valence-electron chi connectivity index (χ4n) is 4.66. The SMILES string of the molecule is Cc1nn(CC(=O)N2CCN(Cc3ccc(Cl)cc3)CC2)c2nc(-c3ccccc3)cc(C(F)F)c12. The van der Waals surface area contributed by atoms with Crippen LogP contribution in [-0.2, 0) is 17.9 Å². The third-order valence-corrected chi connectivity index (χ3v) is 6.79. The van der Waals surface area contributed by atoms with Crippen LogP contribution in [0.5, 0.6) is 0 Å². The lowest BCUT2D eigenvalue weighted by Gasteiger charge is -2.34. The van der Waals surface area contributed by atoms with Crippen molar-refractivity contribution in [3.8, 4) is 11.3 Å². The quantitative estimate of drug-likeness (QED) is 0.352. The number of aryl methyl sites for hydroxylation is 1. The van der Waals surface area contributed by atoms with Crippen LogP contribution in [0.25, 0.3) is 22.3 Å². The van der Waals surface area contributed by atoms with Crippen molar-refractivity contribution in [3.63, 3.8) is 0 Å². The topological polar surface area (TPSA) is 54.3 Å². The highest BCUT2D eigenvalue weighted by molar-refractivity contribution is 6.30. The first-order valence-electron chi connectivity index (χ1n) is 11.9. The van der Waals surface area contributed by atoms with E-state index in [2.05, 4.69) is 15.0 Å². The van der Waals surface area contributed by atoms with Crippen LogP contribution in [0.3, 0.4) is 0 Å². The molecular weight excluding hydrogens is 484 g/mol. The van der Waals surface area contributed by atoms with Gasteiger partial charge in [0.25, 0.3) is 6.43 Å². The Hall–Kier alpha value is -3.36. The van der Waals surface area contributed by atoms with E-state index in [1.807, 2.05) is 54.6 Å². The third-order valence-electron chi connectivity index (χ3n) is 6.54. The second-order valence-electron chi connectivity index (χ2n) is 8.99. The van der Waals surface area contributed by atoms with Crippen LogP contribution in [0.1, 0.15) is 23.2 Å². The molecule has 6 nitrogen and oxygen atoms in total. The van der Waals surface area contributed by atoms with Gasteiger partial charge in [0.05, 0.1) is 16.8 Å². The maximum atomic E-state index is 14.0. The van der Waals surface area contributed by atoms with Crippen molar-refractivity contribution in [3.05, 3.63) is 82.5 Å². The maximum absolute atomic E-state index is 14.0. The van der Waals surface area contributed by atoms with Crippen LogP contribution >= 0.6 is 11.6 Å². The van der Waals surface area contributed by atoms with Crippen molar-refractivity contribution in [2.45, 2.75) is 26.4 Å². The van der Waals surface area contributed by atoms with E-state index in [0.717, 1.165) is 25.2 Å². The summed E-state index contributed by atoms with van der Waals surface area (Å²) in [7, 11) is 0. The van der Waals surface area contributed by atoms with Crippen LogP contribution < -0.4 is 0 Å². The van der Waals surface area contributed by atoms with E-state index in [9.17, 15) is 13.6 Å². The second kappa shape index (κ2) is 10.3. The predicted octanol–water partition coefficient (Wildman–Crippen LogP) is 5.34. The van der Waals surface area contributed by atoms with Gasteiger partial charge in [0, 0.05) is 48.9 Å². The fraction of sp³-hybridized carbons (Fsp3) is 0.296. The molecule has 0 N–H and O–H groups in total. The number of benzene rings is 2. The molecule has 5 rings (SSSR count). The third kappa shape index (κ3) is 5.10. The summed E-state index contributed by atoms with van der Waals surface area (Å²) in [4.78, 5) is 21.9. The normalized spacial score (nSPS) is 14.6. The van der Waals surface area contributed by atoms with Crippen LogP contribution in [0, 0.1) is 6.92 Å². The molecule has 2 aromatic carbocycles. The molecule has 9 heteroatoms. The number of piperazine rings is 1. The van der Waals surface area contributed by atoms with Crippen molar-refractivity contribution in [1.29, 1.82) is 0 Å². The van der Waals surface area contributed by atoms with E-state index in [1.54, 1.807) is 11.8 Å². The van der Waals surface area contributed by atoms with Gasteiger partial charge in [-0.15, -0.1) is 0 Å². The lowest BCUT2D eigenvalue weighted by molar-refractivity contribution is -0.133. The molecule has 1 saturated heterocycles. The average Bonchev–Trinajstić information content (AvgIpc) is 3.20. The molecule has 0 spiro atoms. The molecule has 0 aliphatic carbocycles. The molecule has 0 bridgehead atoms. The standard InChI is InChI=1S/C27H26ClF2N5O/c1-18-25-22(26(29)30)15-23(20-5-3-2-4-6-20)31-27(25)35(32-18)17-24(36)34-13-11-33(12-14-34)16-19-7-9-21(28)10-8-19/h2-10,15,26H,11-14,16-17H2,1H3. The summed E-state index contributed by atoms with van der Waals surface area (Å²) in [5.41, 5.74) is 2.96. The van der Waals surface area contributed by atoms with Gasteiger partial charge >= 0.3 is 0 Å². The van der Waals surface area contributed by atoms with Gasteiger partial charge in [-0.3, -0.25) is 9.69 Å². The molecule has 3 heterocycles. The highest BCUT2D eigenvalue weighted by atomic mass is 35.5. The summed E-state index contributed by atoms with van der Waals surface area (Å²) in [5, 5.41) is 5.45.